The maximum atomic E-state index is 12.9. The van der Waals surface area contributed by atoms with Crippen molar-refractivity contribution in [2.45, 2.75) is 26.3 Å². The van der Waals surface area contributed by atoms with Crippen LogP contribution in [0.2, 0.25) is 0 Å². The minimum atomic E-state index is -0.278. The Morgan fingerprint density at radius 3 is 2.69 bits per heavy atom. The lowest BCUT2D eigenvalue weighted by Gasteiger charge is -2.08. The molecule has 1 aromatic carbocycles. The van der Waals surface area contributed by atoms with Gasteiger partial charge in [-0.05, 0) is 37.6 Å². The molecule has 1 unspecified atom stereocenters. The fourth-order valence-corrected chi connectivity index (χ4v) is 1.23. The number of anilines is 1. The number of nitrogens with one attached hydrogen (secondary N) is 1. The van der Waals surface area contributed by atoms with Gasteiger partial charge in [0.15, 0.2) is 0 Å². The number of carbonyl (C=O) groups is 1. The summed E-state index contributed by atoms with van der Waals surface area (Å²) in [6, 6.07) is 4.28. The van der Waals surface area contributed by atoms with Crippen LogP contribution in [0.1, 0.15) is 18.9 Å². The number of hydrogen-bond acceptors (Lipinski definition) is 2. The molecule has 5 heteroatoms. The van der Waals surface area contributed by atoms with Crippen molar-refractivity contribution in [1.82, 2.24) is 0 Å². The van der Waals surface area contributed by atoms with Crippen LogP contribution in [0.4, 0.5) is 10.1 Å². The molecule has 1 amide bonds. The fraction of sp³-hybridized carbons (Fsp3) is 0.364. The second-order valence-electron chi connectivity index (χ2n) is 3.69. The van der Waals surface area contributed by atoms with E-state index in [4.69, 9.17) is 5.73 Å². The predicted molar refractivity (Wildman–Crippen MR) is 65.3 cm³/mol. The summed E-state index contributed by atoms with van der Waals surface area (Å²) in [5, 5.41) is 2.66. The molecule has 0 spiro atoms. The summed E-state index contributed by atoms with van der Waals surface area (Å²) in [5.41, 5.74) is 6.58. The predicted octanol–water partition coefficient (Wildman–Crippen LogP) is 2.23. The minimum absolute atomic E-state index is 0. The van der Waals surface area contributed by atoms with E-state index in [1.807, 2.05) is 0 Å². The second kappa shape index (κ2) is 6.45. The highest BCUT2D eigenvalue weighted by Gasteiger charge is 2.06. The molecule has 0 saturated heterocycles. The Morgan fingerprint density at radius 1 is 1.56 bits per heavy atom. The highest BCUT2D eigenvalue weighted by molar-refractivity contribution is 5.91. The SMILES string of the molecule is Cc1cc(NC(=O)CC(C)N)ccc1F.Cl. The molecule has 0 aliphatic carbocycles. The van der Waals surface area contributed by atoms with E-state index in [1.165, 1.54) is 12.1 Å². The number of hydrogen-bond donors (Lipinski definition) is 2. The number of aryl methyl sites for hydroxylation is 1. The minimum Gasteiger partial charge on any atom is -0.327 e. The monoisotopic (exact) mass is 246 g/mol. The summed E-state index contributed by atoms with van der Waals surface area (Å²) in [5.74, 6) is -0.434. The van der Waals surface area contributed by atoms with E-state index in [2.05, 4.69) is 5.32 Å². The van der Waals surface area contributed by atoms with E-state index in [1.54, 1.807) is 19.9 Å². The third kappa shape index (κ3) is 4.59. The van der Waals surface area contributed by atoms with E-state index in [0.717, 1.165) is 0 Å². The maximum absolute atomic E-state index is 12.9. The van der Waals surface area contributed by atoms with Crippen molar-refractivity contribution in [2.75, 3.05) is 5.32 Å². The molecule has 0 heterocycles. The number of rotatable bonds is 3. The largest absolute Gasteiger partial charge is 0.327 e. The van der Waals surface area contributed by atoms with Gasteiger partial charge in [-0.25, -0.2) is 4.39 Å². The van der Waals surface area contributed by atoms with Crippen LogP contribution in [-0.4, -0.2) is 11.9 Å². The first-order valence-corrected chi connectivity index (χ1v) is 4.80. The van der Waals surface area contributed by atoms with E-state index in [0.29, 0.717) is 11.3 Å². The summed E-state index contributed by atoms with van der Waals surface area (Å²) >= 11 is 0. The van der Waals surface area contributed by atoms with Gasteiger partial charge < -0.3 is 11.1 Å². The average molecular weight is 247 g/mol. The molecular formula is C11H16ClFN2O. The summed E-state index contributed by atoms with van der Waals surface area (Å²) in [6.07, 6.45) is 0.260. The van der Waals surface area contributed by atoms with Crippen LogP contribution in [0.15, 0.2) is 18.2 Å². The fourth-order valence-electron chi connectivity index (χ4n) is 1.23. The molecule has 1 atom stereocenters. The second-order valence-corrected chi connectivity index (χ2v) is 3.69. The Hall–Kier alpha value is -1.13. The molecule has 1 aromatic rings. The number of halogens is 2. The highest BCUT2D eigenvalue weighted by Crippen LogP contribution is 2.13. The van der Waals surface area contributed by atoms with Gasteiger partial charge in [-0.1, -0.05) is 0 Å². The van der Waals surface area contributed by atoms with Crippen molar-refractivity contribution in [3.63, 3.8) is 0 Å². The van der Waals surface area contributed by atoms with Gasteiger partial charge in [0.1, 0.15) is 5.82 Å². The van der Waals surface area contributed by atoms with Crippen LogP contribution in [0.3, 0.4) is 0 Å². The molecular weight excluding hydrogens is 231 g/mol. The molecule has 0 aliphatic rings. The van der Waals surface area contributed by atoms with E-state index in [9.17, 15) is 9.18 Å². The Kier molecular flexibility index (Phi) is 6.00. The van der Waals surface area contributed by atoms with Crippen LogP contribution in [0, 0.1) is 12.7 Å². The molecule has 16 heavy (non-hydrogen) atoms. The van der Waals surface area contributed by atoms with Gasteiger partial charge in [-0.3, -0.25) is 4.79 Å². The van der Waals surface area contributed by atoms with Gasteiger partial charge >= 0.3 is 0 Å². The van der Waals surface area contributed by atoms with E-state index in [-0.39, 0.29) is 36.6 Å². The lowest BCUT2D eigenvalue weighted by molar-refractivity contribution is -0.116. The molecule has 1 rings (SSSR count). The zero-order valence-corrected chi connectivity index (χ0v) is 10.1. The molecule has 0 aliphatic heterocycles. The van der Waals surface area contributed by atoms with Crippen molar-refractivity contribution in [3.05, 3.63) is 29.6 Å². The summed E-state index contributed by atoms with van der Waals surface area (Å²) in [6.45, 7) is 3.41. The van der Waals surface area contributed by atoms with E-state index >= 15 is 0 Å². The molecule has 3 N–H and O–H groups in total. The molecule has 90 valence electrons. The van der Waals surface area contributed by atoms with Gasteiger partial charge in [0.25, 0.3) is 0 Å². The Bertz CT molecular complexity index is 369. The van der Waals surface area contributed by atoms with Crippen molar-refractivity contribution < 1.29 is 9.18 Å². The zero-order valence-electron chi connectivity index (χ0n) is 9.29. The number of nitrogens with two attached hydrogens (primary N) is 1. The normalized spacial score (nSPS) is 11.5. The molecule has 0 aromatic heterocycles. The summed E-state index contributed by atoms with van der Waals surface area (Å²) < 4.78 is 12.9. The van der Waals surface area contributed by atoms with Crippen LogP contribution in [0.5, 0.6) is 0 Å². The lowest BCUT2D eigenvalue weighted by atomic mass is 10.2. The number of carbonyl (C=O) groups excluding carboxylic acids is 1. The smallest absolute Gasteiger partial charge is 0.225 e. The first kappa shape index (κ1) is 14.9. The summed E-state index contributed by atoms with van der Waals surface area (Å²) in [7, 11) is 0. The van der Waals surface area contributed by atoms with Crippen molar-refractivity contribution in [2.24, 2.45) is 5.73 Å². The van der Waals surface area contributed by atoms with E-state index < -0.39 is 0 Å². The van der Waals surface area contributed by atoms with Crippen molar-refractivity contribution in [1.29, 1.82) is 0 Å². The van der Waals surface area contributed by atoms with Crippen LogP contribution in [-0.2, 0) is 4.79 Å². The number of benzene rings is 1. The zero-order chi connectivity index (χ0) is 11.4. The average Bonchev–Trinajstić information content (AvgIpc) is 2.10. The molecule has 0 fully saturated rings. The third-order valence-electron chi connectivity index (χ3n) is 1.95. The van der Waals surface area contributed by atoms with Crippen LogP contribution < -0.4 is 11.1 Å². The van der Waals surface area contributed by atoms with Gasteiger partial charge in [-0.2, -0.15) is 0 Å². The molecule has 0 radical (unpaired) electrons. The van der Waals surface area contributed by atoms with Gasteiger partial charge in [0.2, 0.25) is 5.91 Å². The van der Waals surface area contributed by atoms with Gasteiger partial charge in [0, 0.05) is 18.2 Å². The first-order valence-electron chi connectivity index (χ1n) is 4.80. The van der Waals surface area contributed by atoms with Crippen molar-refractivity contribution >= 4 is 24.0 Å². The Balaban J connectivity index is 0.00000225. The number of amides is 1. The quantitative estimate of drug-likeness (QED) is 0.859. The van der Waals surface area contributed by atoms with Crippen LogP contribution in [0.25, 0.3) is 0 Å². The Labute approximate surface area is 101 Å². The van der Waals surface area contributed by atoms with Gasteiger partial charge in [0.05, 0.1) is 0 Å². The standard InChI is InChI=1S/C11H15FN2O.ClH/c1-7-5-9(3-4-10(7)12)14-11(15)6-8(2)13;/h3-5,8H,6,13H2,1-2H3,(H,14,15);1H. The molecule has 0 saturated carbocycles. The highest BCUT2D eigenvalue weighted by atomic mass is 35.5. The topological polar surface area (TPSA) is 55.1 Å². The first-order chi connectivity index (χ1) is 6.99. The van der Waals surface area contributed by atoms with Gasteiger partial charge in [-0.15, -0.1) is 12.4 Å². The third-order valence-corrected chi connectivity index (χ3v) is 1.95. The molecule has 0 bridgehead atoms. The summed E-state index contributed by atoms with van der Waals surface area (Å²) in [4.78, 5) is 11.3. The van der Waals surface area contributed by atoms with Crippen LogP contribution >= 0.6 is 12.4 Å². The lowest BCUT2D eigenvalue weighted by Crippen LogP contribution is -2.24. The maximum Gasteiger partial charge on any atom is 0.225 e. The molecule has 3 nitrogen and oxygen atoms in total. The van der Waals surface area contributed by atoms with Crippen molar-refractivity contribution in [3.8, 4) is 0 Å². The Morgan fingerprint density at radius 2 is 2.19 bits per heavy atom.